The van der Waals surface area contributed by atoms with Crippen molar-refractivity contribution in [2.75, 3.05) is 26.9 Å². The summed E-state index contributed by atoms with van der Waals surface area (Å²) in [5.74, 6) is 1.56. The van der Waals surface area contributed by atoms with E-state index in [1.807, 2.05) is 27.0 Å². The molecule has 2 rings (SSSR count). The number of halogens is 1. The number of benzene rings is 1. The van der Waals surface area contributed by atoms with Crippen LogP contribution in [0.25, 0.3) is 0 Å². The van der Waals surface area contributed by atoms with Gasteiger partial charge < -0.3 is 19.5 Å². The van der Waals surface area contributed by atoms with Crippen LogP contribution in [0.1, 0.15) is 38.3 Å². The Hall–Kier alpha value is -0.780. The second-order valence-corrected chi connectivity index (χ2v) is 5.86. The molecule has 5 heteroatoms. The van der Waals surface area contributed by atoms with E-state index >= 15 is 0 Å². The summed E-state index contributed by atoms with van der Waals surface area (Å²) < 4.78 is 18.2. The number of ether oxygens (including phenoxy) is 3. The lowest BCUT2D eigenvalue weighted by atomic mass is 9.99. The zero-order chi connectivity index (χ0) is 15.2. The van der Waals surface area contributed by atoms with Crippen LogP contribution in [0.2, 0.25) is 0 Å². The lowest BCUT2D eigenvalue weighted by molar-refractivity contribution is 0.0804. The minimum absolute atomic E-state index is 0.150. The van der Waals surface area contributed by atoms with Crippen molar-refractivity contribution in [3.63, 3.8) is 0 Å². The van der Waals surface area contributed by atoms with Gasteiger partial charge in [-0.05, 0) is 51.4 Å². The number of hydrogen-bond acceptors (Lipinski definition) is 4. The first-order valence-corrected chi connectivity index (χ1v) is 8.38. The molecular weight excluding hydrogens is 334 g/mol. The van der Waals surface area contributed by atoms with E-state index in [2.05, 4.69) is 27.3 Å². The average Bonchev–Trinajstić information content (AvgIpc) is 2.98. The molecule has 0 aromatic heterocycles. The van der Waals surface area contributed by atoms with Gasteiger partial charge in [-0.3, -0.25) is 0 Å². The monoisotopic (exact) mass is 357 g/mol. The maximum absolute atomic E-state index is 5.84. The van der Waals surface area contributed by atoms with Gasteiger partial charge in [0.2, 0.25) is 0 Å². The standard InChI is InChI=1S/C16H24BrNO3/c1-4-19-14-9-11(12(17)10-15(14)20-5-2)16(18-3)13-7-6-8-21-13/h9-10,13,16,18H,4-8H2,1-3H3. The van der Waals surface area contributed by atoms with Crippen molar-refractivity contribution in [3.05, 3.63) is 22.2 Å². The fraction of sp³-hybridized carbons (Fsp3) is 0.625. The third-order valence-corrected chi connectivity index (χ3v) is 4.33. The largest absolute Gasteiger partial charge is 0.490 e. The first-order chi connectivity index (χ1) is 10.2. The van der Waals surface area contributed by atoms with Gasteiger partial charge in [-0.1, -0.05) is 15.9 Å². The summed E-state index contributed by atoms with van der Waals surface area (Å²) >= 11 is 3.66. The van der Waals surface area contributed by atoms with Gasteiger partial charge in [-0.15, -0.1) is 0 Å². The zero-order valence-electron chi connectivity index (χ0n) is 12.9. The van der Waals surface area contributed by atoms with E-state index < -0.39 is 0 Å². The van der Waals surface area contributed by atoms with E-state index in [1.54, 1.807) is 0 Å². The summed E-state index contributed by atoms with van der Waals surface area (Å²) in [7, 11) is 1.97. The van der Waals surface area contributed by atoms with E-state index in [0.717, 1.165) is 41.0 Å². The van der Waals surface area contributed by atoms with Crippen LogP contribution in [0.4, 0.5) is 0 Å². The topological polar surface area (TPSA) is 39.7 Å². The smallest absolute Gasteiger partial charge is 0.162 e. The van der Waals surface area contributed by atoms with E-state index in [-0.39, 0.29) is 12.1 Å². The van der Waals surface area contributed by atoms with Gasteiger partial charge in [0, 0.05) is 11.1 Å². The molecule has 1 N–H and O–H groups in total. The fourth-order valence-corrected chi connectivity index (χ4v) is 3.30. The Morgan fingerprint density at radius 1 is 1.29 bits per heavy atom. The quantitative estimate of drug-likeness (QED) is 0.807. The van der Waals surface area contributed by atoms with Gasteiger partial charge in [0.25, 0.3) is 0 Å². The summed E-state index contributed by atoms with van der Waals surface area (Å²) in [5, 5.41) is 3.37. The molecule has 1 aromatic carbocycles. The molecule has 1 aliphatic rings. The molecule has 2 atom stereocenters. The molecule has 0 bridgehead atoms. The maximum Gasteiger partial charge on any atom is 0.162 e. The number of hydrogen-bond donors (Lipinski definition) is 1. The second kappa shape index (κ2) is 8.01. The number of likely N-dealkylation sites (N-methyl/N-ethyl adjacent to an activating group) is 1. The molecule has 0 spiro atoms. The van der Waals surface area contributed by atoms with Crippen molar-refractivity contribution in [2.45, 2.75) is 38.8 Å². The molecule has 1 fully saturated rings. The fourth-order valence-electron chi connectivity index (χ4n) is 2.73. The van der Waals surface area contributed by atoms with Crippen LogP contribution in [0, 0.1) is 0 Å². The van der Waals surface area contributed by atoms with Gasteiger partial charge in [0.1, 0.15) is 0 Å². The predicted molar refractivity (Wildman–Crippen MR) is 87.3 cm³/mol. The number of nitrogens with one attached hydrogen (secondary N) is 1. The Balaban J connectivity index is 2.34. The summed E-state index contributed by atoms with van der Waals surface area (Å²) in [6.45, 7) is 6.03. The third kappa shape index (κ3) is 3.90. The Morgan fingerprint density at radius 2 is 1.95 bits per heavy atom. The Morgan fingerprint density at radius 3 is 2.48 bits per heavy atom. The molecule has 0 saturated carbocycles. The van der Waals surface area contributed by atoms with E-state index in [1.165, 1.54) is 0 Å². The van der Waals surface area contributed by atoms with Crippen molar-refractivity contribution in [3.8, 4) is 11.5 Å². The van der Waals surface area contributed by atoms with E-state index in [9.17, 15) is 0 Å². The molecule has 1 aliphatic heterocycles. The van der Waals surface area contributed by atoms with E-state index in [4.69, 9.17) is 14.2 Å². The summed E-state index contributed by atoms with van der Waals surface area (Å²) in [6, 6.07) is 4.20. The summed E-state index contributed by atoms with van der Waals surface area (Å²) in [4.78, 5) is 0. The molecule has 2 unspecified atom stereocenters. The minimum Gasteiger partial charge on any atom is -0.490 e. The molecule has 1 aromatic rings. The predicted octanol–water partition coefficient (Wildman–Crippen LogP) is 3.69. The van der Waals surface area contributed by atoms with Gasteiger partial charge in [0.15, 0.2) is 11.5 Å². The zero-order valence-corrected chi connectivity index (χ0v) is 14.5. The molecule has 0 amide bonds. The highest BCUT2D eigenvalue weighted by Crippen LogP contribution is 2.39. The SMILES string of the molecule is CCOc1cc(Br)c(C(NC)C2CCCO2)cc1OCC. The van der Waals surface area contributed by atoms with E-state index in [0.29, 0.717) is 13.2 Å². The van der Waals surface area contributed by atoms with Crippen LogP contribution in [0.5, 0.6) is 11.5 Å². The minimum atomic E-state index is 0.150. The van der Waals surface area contributed by atoms with Crippen molar-refractivity contribution in [1.29, 1.82) is 0 Å². The van der Waals surface area contributed by atoms with Crippen LogP contribution < -0.4 is 14.8 Å². The molecule has 4 nitrogen and oxygen atoms in total. The van der Waals surface area contributed by atoms with Crippen LogP contribution in [0.15, 0.2) is 16.6 Å². The van der Waals surface area contributed by atoms with Crippen molar-refractivity contribution >= 4 is 15.9 Å². The second-order valence-electron chi connectivity index (χ2n) is 5.00. The highest BCUT2D eigenvalue weighted by molar-refractivity contribution is 9.10. The maximum atomic E-state index is 5.84. The molecule has 1 heterocycles. The van der Waals surface area contributed by atoms with Gasteiger partial charge in [-0.2, -0.15) is 0 Å². The average molecular weight is 358 g/mol. The summed E-state index contributed by atoms with van der Waals surface area (Å²) in [5.41, 5.74) is 1.15. The normalized spacial score (nSPS) is 19.5. The van der Waals surface area contributed by atoms with Crippen molar-refractivity contribution in [2.24, 2.45) is 0 Å². The highest BCUT2D eigenvalue weighted by atomic mass is 79.9. The van der Waals surface area contributed by atoms with Crippen LogP contribution >= 0.6 is 15.9 Å². The van der Waals surface area contributed by atoms with Gasteiger partial charge in [0.05, 0.1) is 25.4 Å². The summed E-state index contributed by atoms with van der Waals surface area (Å²) in [6.07, 6.45) is 2.41. The van der Waals surface area contributed by atoms with Gasteiger partial charge in [-0.25, -0.2) is 0 Å². The van der Waals surface area contributed by atoms with Crippen LogP contribution in [-0.2, 0) is 4.74 Å². The molecule has 1 saturated heterocycles. The Labute approximate surface area is 135 Å². The first-order valence-electron chi connectivity index (χ1n) is 7.59. The Bertz CT molecular complexity index is 461. The lowest BCUT2D eigenvalue weighted by Gasteiger charge is -2.25. The molecule has 21 heavy (non-hydrogen) atoms. The van der Waals surface area contributed by atoms with Crippen molar-refractivity contribution in [1.82, 2.24) is 5.32 Å². The first kappa shape index (κ1) is 16.6. The highest BCUT2D eigenvalue weighted by Gasteiger charge is 2.28. The van der Waals surface area contributed by atoms with Crippen LogP contribution in [-0.4, -0.2) is 33.0 Å². The molecule has 0 aliphatic carbocycles. The molecule has 118 valence electrons. The van der Waals surface area contributed by atoms with Crippen LogP contribution in [0.3, 0.4) is 0 Å². The third-order valence-electron chi connectivity index (χ3n) is 3.65. The van der Waals surface area contributed by atoms with Crippen molar-refractivity contribution < 1.29 is 14.2 Å². The Kier molecular flexibility index (Phi) is 6.33. The van der Waals surface area contributed by atoms with Gasteiger partial charge >= 0.3 is 0 Å². The number of rotatable bonds is 7. The molecule has 0 radical (unpaired) electrons. The lowest BCUT2D eigenvalue weighted by Crippen LogP contribution is -2.29. The molecular formula is C16H24BrNO3.